The van der Waals surface area contributed by atoms with Gasteiger partial charge in [0.05, 0.1) is 19.0 Å². The molecule has 7 heteroatoms. The maximum atomic E-state index is 12.1. The van der Waals surface area contributed by atoms with E-state index in [0.717, 1.165) is 22.4 Å². The topological polar surface area (TPSA) is 91.8 Å². The average molecular weight is 431 g/mol. The lowest BCUT2D eigenvalue weighted by Crippen LogP contribution is -2.37. The van der Waals surface area contributed by atoms with Crippen molar-refractivity contribution in [3.05, 3.63) is 89.0 Å². The van der Waals surface area contributed by atoms with Crippen LogP contribution < -0.4 is 20.8 Å². The molecule has 0 atom stereocenters. The van der Waals surface area contributed by atoms with Crippen LogP contribution in [0.3, 0.4) is 0 Å². The molecule has 0 spiro atoms. The normalized spacial score (nSPS) is 10.6. The molecule has 0 unspecified atom stereocenters. The number of hydrazone groups is 1. The molecule has 2 amide bonds. The molecular formula is C25H26N4O3. The van der Waals surface area contributed by atoms with Crippen LogP contribution in [0.25, 0.3) is 0 Å². The lowest BCUT2D eigenvalue weighted by atomic mass is 10.1. The maximum absolute atomic E-state index is 12.1. The average Bonchev–Trinajstić information content (AvgIpc) is 2.80. The molecule has 0 aliphatic rings. The number of carbonyl (C=O) groups is 2. The number of carbonyl (C=O) groups excluding carboxylic acids is 2. The fourth-order valence-electron chi connectivity index (χ4n) is 2.99. The van der Waals surface area contributed by atoms with Gasteiger partial charge in [0, 0.05) is 17.8 Å². The number of amides is 2. The Balaban J connectivity index is 1.65. The Labute approximate surface area is 187 Å². The summed E-state index contributed by atoms with van der Waals surface area (Å²) in [5.41, 5.74) is 7.68. The van der Waals surface area contributed by atoms with Gasteiger partial charge in [-0.2, -0.15) is 5.10 Å². The van der Waals surface area contributed by atoms with E-state index in [9.17, 15) is 9.59 Å². The molecule has 164 valence electrons. The summed E-state index contributed by atoms with van der Waals surface area (Å²) in [5, 5.41) is 9.88. The van der Waals surface area contributed by atoms with Crippen LogP contribution in [-0.2, 0) is 16.1 Å². The Morgan fingerprint density at radius 1 is 0.938 bits per heavy atom. The van der Waals surface area contributed by atoms with E-state index in [1.54, 1.807) is 7.11 Å². The number of aryl methyl sites for hydroxylation is 2. The van der Waals surface area contributed by atoms with Crippen LogP contribution in [0.4, 0.5) is 11.4 Å². The Bertz CT molecular complexity index is 1120. The Kier molecular flexibility index (Phi) is 7.59. The molecule has 3 aromatic rings. The highest BCUT2D eigenvalue weighted by atomic mass is 16.5. The second-order valence-electron chi connectivity index (χ2n) is 7.23. The van der Waals surface area contributed by atoms with E-state index < -0.39 is 11.8 Å². The monoisotopic (exact) mass is 430 g/mol. The standard InChI is InChI=1S/C25H26N4O3/c1-17-11-13-19(14-12-17)15-26-24(30)25(31)29-27-16-20-8-6-10-22(32-3)23(20)28-21-9-5-4-7-18(21)2/h4-14,16,28H,15H2,1-3H3,(H,26,30)(H,29,31)/b27-16-. The van der Waals surface area contributed by atoms with Gasteiger partial charge < -0.3 is 15.4 Å². The quantitative estimate of drug-likeness (QED) is 0.302. The minimum Gasteiger partial charge on any atom is -0.495 e. The molecule has 7 nitrogen and oxygen atoms in total. The summed E-state index contributed by atoms with van der Waals surface area (Å²) >= 11 is 0. The highest BCUT2D eigenvalue weighted by molar-refractivity contribution is 6.35. The third-order valence-electron chi connectivity index (χ3n) is 4.83. The highest BCUT2D eigenvalue weighted by Gasteiger charge is 2.13. The van der Waals surface area contributed by atoms with Crippen molar-refractivity contribution in [2.24, 2.45) is 5.10 Å². The second-order valence-corrected chi connectivity index (χ2v) is 7.23. The third kappa shape index (κ3) is 5.95. The Morgan fingerprint density at radius 2 is 1.69 bits per heavy atom. The fraction of sp³-hybridized carbons (Fsp3) is 0.160. The number of benzene rings is 3. The first-order valence-electron chi connectivity index (χ1n) is 10.1. The van der Waals surface area contributed by atoms with Gasteiger partial charge in [0.1, 0.15) is 5.75 Å². The maximum Gasteiger partial charge on any atom is 0.329 e. The van der Waals surface area contributed by atoms with Crippen molar-refractivity contribution in [1.82, 2.24) is 10.7 Å². The number of nitrogens with zero attached hydrogens (tertiary/aromatic N) is 1. The second kappa shape index (κ2) is 10.8. The zero-order chi connectivity index (χ0) is 22.9. The van der Waals surface area contributed by atoms with Crippen LogP contribution in [0.2, 0.25) is 0 Å². The minimum absolute atomic E-state index is 0.261. The van der Waals surface area contributed by atoms with E-state index in [1.807, 2.05) is 80.6 Å². The largest absolute Gasteiger partial charge is 0.495 e. The highest BCUT2D eigenvalue weighted by Crippen LogP contribution is 2.31. The van der Waals surface area contributed by atoms with Crippen molar-refractivity contribution in [2.75, 3.05) is 12.4 Å². The minimum atomic E-state index is -0.843. The summed E-state index contributed by atoms with van der Waals surface area (Å²) in [6.45, 7) is 4.25. The summed E-state index contributed by atoms with van der Waals surface area (Å²) in [5.74, 6) is -0.976. The summed E-state index contributed by atoms with van der Waals surface area (Å²) < 4.78 is 5.47. The predicted molar refractivity (Wildman–Crippen MR) is 126 cm³/mol. The van der Waals surface area contributed by atoms with Crippen LogP contribution in [0, 0.1) is 13.8 Å². The number of methoxy groups -OCH3 is 1. The first kappa shape index (κ1) is 22.6. The van der Waals surface area contributed by atoms with Crippen molar-refractivity contribution in [3.63, 3.8) is 0 Å². The van der Waals surface area contributed by atoms with Gasteiger partial charge in [-0.25, -0.2) is 5.43 Å². The molecule has 0 aliphatic heterocycles. The molecule has 0 fully saturated rings. The molecule has 0 heterocycles. The van der Waals surface area contributed by atoms with Crippen molar-refractivity contribution in [3.8, 4) is 5.75 Å². The third-order valence-corrected chi connectivity index (χ3v) is 4.83. The van der Waals surface area contributed by atoms with Crippen LogP contribution in [-0.4, -0.2) is 25.1 Å². The number of rotatable bonds is 7. The van der Waals surface area contributed by atoms with Gasteiger partial charge in [-0.3, -0.25) is 9.59 Å². The molecule has 0 saturated carbocycles. The molecule has 3 N–H and O–H groups in total. The van der Waals surface area contributed by atoms with Crippen molar-refractivity contribution >= 4 is 29.4 Å². The van der Waals surface area contributed by atoms with E-state index in [2.05, 4.69) is 21.2 Å². The number of hydrogen-bond acceptors (Lipinski definition) is 5. The molecule has 0 aliphatic carbocycles. The molecular weight excluding hydrogens is 404 g/mol. The van der Waals surface area contributed by atoms with E-state index in [1.165, 1.54) is 6.21 Å². The van der Waals surface area contributed by atoms with Crippen molar-refractivity contribution < 1.29 is 14.3 Å². The van der Waals surface area contributed by atoms with E-state index in [4.69, 9.17) is 4.74 Å². The van der Waals surface area contributed by atoms with E-state index in [0.29, 0.717) is 17.0 Å². The van der Waals surface area contributed by atoms with Crippen LogP contribution in [0.15, 0.2) is 71.8 Å². The Morgan fingerprint density at radius 3 is 2.41 bits per heavy atom. The van der Waals surface area contributed by atoms with Gasteiger partial charge in [-0.15, -0.1) is 0 Å². The predicted octanol–water partition coefficient (Wildman–Crippen LogP) is 3.82. The molecule has 0 saturated heterocycles. The SMILES string of the molecule is COc1cccc(/C=N\NC(=O)C(=O)NCc2ccc(C)cc2)c1Nc1ccccc1C. The molecule has 3 aromatic carbocycles. The lowest BCUT2D eigenvalue weighted by Gasteiger charge is -2.15. The fourth-order valence-corrected chi connectivity index (χ4v) is 2.99. The number of nitrogens with one attached hydrogen (secondary N) is 3. The molecule has 32 heavy (non-hydrogen) atoms. The van der Waals surface area contributed by atoms with Gasteiger partial charge in [0.15, 0.2) is 0 Å². The zero-order valence-electron chi connectivity index (χ0n) is 18.3. The van der Waals surface area contributed by atoms with Gasteiger partial charge in [-0.1, -0.05) is 60.2 Å². The van der Waals surface area contributed by atoms with Crippen LogP contribution >= 0.6 is 0 Å². The molecule has 3 rings (SSSR count). The number of para-hydroxylation sites is 2. The molecule has 0 aromatic heterocycles. The van der Waals surface area contributed by atoms with Crippen molar-refractivity contribution in [2.45, 2.75) is 20.4 Å². The first-order valence-corrected chi connectivity index (χ1v) is 10.1. The molecule has 0 bridgehead atoms. The summed E-state index contributed by atoms with van der Waals surface area (Å²) in [6.07, 6.45) is 1.47. The summed E-state index contributed by atoms with van der Waals surface area (Å²) in [4.78, 5) is 24.1. The smallest absolute Gasteiger partial charge is 0.329 e. The molecule has 0 radical (unpaired) electrons. The Hall–Kier alpha value is -4.13. The van der Waals surface area contributed by atoms with Gasteiger partial charge in [0.25, 0.3) is 0 Å². The number of hydrogen-bond donors (Lipinski definition) is 3. The van der Waals surface area contributed by atoms with Gasteiger partial charge >= 0.3 is 11.8 Å². The summed E-state index contributed by atoms with van der Waals surface area (Å²) in [6, 6.07) is 21.0. The van der Waals surface area contributed by atoms with E-state index >= 15 is 0 Å². The first-order chi connectivity index (χ1) is 15.5. The van der Waals surface area contributed by atoms with Crippen molar-refractivity contribution in [1.29, 1.82) is 0 Å². The van der Waals surface area contributed by atoms with Crippen LogP contribution in [0.5, 0.6) is 5.75 Å². The zero-order valence-corrected chi connectivity index (χ0v) is 18.3. The number of anilines is 2. The van der Waals surface area contributed by atoms with E-state index in [-0.39, 0.29) is 6.54 Å². The lowest BCUT2D eigenvalue weighted by molar-refractivity contribution is -0.139. The number of ether oxygens (including phenoxy) is 1. The van der Waals surface area contributed by atoms with Crippen LogP contribution in [0.1, 0.15) is 22.3 Å². The van der Waals surface area contributed by atoms with Gasteiger partial charge in [0.2, 0.25) is 0 Å². The van der Waals surface area contributed by atoms with Gasteiger partial charge in [-0.05, 0) is 37.1 Å². The summed E-state index contributed by atoms with van der Waals surface area (Å²) in [7, 11) is 1.58.